The third-order valence-corrected chi connectivity index (χ3v) is 4.79. The Morgan fingerprint density at radius 2 is 1.86 bits per heavy atom. The van der Waals surface area contributed by atoms with E-state index in [1.165, 1.54) is 4.90 Å². The van der Waals surface area contributed by atoms with Gasteiger partial charge in [-0.15, -0.1) is 0 Å². The molecule has 1 saturated heterocycles. The van der Waals surface area contributed by atoms with E-state index in [0.29, 0.717) is 23.0 Å². The molecule has 2 fully saturated rings. The van der Waals surface area contributed by atoms with Gasteiger partial charge in [0.05, 0.1) is 30.3 Å². The molecule has 112 valence electrons. The van der Waals surface area contributed by atoms with Crippen LogP contribution in [-0.4, -0.2) is 18.9 Å². The number of imide groups is 1. The zero-order chi connectivity index (χ0) is 15.1. The molecule has 21 heavy (non-hydrogen) atoms. The molecule has 1 aliphatic heterocycles. The average molecular weight is 288 g/mol. The molecule has 0 bridgehead atoms. The number of hydrogen-bond acceptors (Lipinski definition) is 4. The maximum Gasteiger partial charge on any atom is 0.237 e. The summed E-state index contributed by atoms with van der Waals surface area (Å²) in [5.74, 6) is 0.577. The van der Waals surface area contributed by atoms with Crippen LogP contribution in [0.3, 0.4) is 0 Å². The van der Waals surface area contributed by atoms with Crippen molar-refractivity contribution in [3.05, 3.63) is 18.2 Å². The van der Waals surface area contributed by atoms with Gasteiger partial charge in [0.2, 0.25) is 11.8 Å². The fourth-order valence-electron chi connectivity index (χ4n) is 3.56. The second-order valence-corrected chi connectivity index (χ2v) is 5.90. The number of fused-ring (bicyclic) bond motifs is 1. The Balaban J connectivity index is 1.91. The van der Waals surface area contributed by atoms with Crippen LogP contribution in [0.4, 0.5) is 11.4 Å². The van der Waals surface area contributed by atoms with Crippen LogP contribution in [0.2, 0.25) is 0 Å². The first-order valence-electron chi connectivity index (χ1n) is 7.38. The third kappa shape index (κ3) is 2.07. The van der Waals surface area contributed by atoms with E-state index < -0.39 is 0 Å². The molecule has 0 aromatic heterocycles. The summed E-state index contributed by atoms with van der Waals surface area (Å²) >= 11 is 0. The van der Waals surface area contributed by atoms with E-state index in [9.17, 15) is 9.59 Å². The summed E-state index contributed by atoms with van der Waals surface area (Å²) in [4.78, 5) is 26.4. The molecular weight excluding hydrogens is 268 g/mol. The number of hydrogen-bond donors (Lipinski definition) is 1. The minimum Gasteiger partial charge on any atom is -0.497 e. The van der Waals surface area contributed by atoms with Crippen molar-refractivity contribution in [1.82, 2.24) is 0 Å². The summed E-state index contributed by atoms with van der Waals surface area (Å²) in [6, 6.07) is 5.04. The topological polar surface area (TPSA) is 72.6 Å². The van der Waals surface area contributed by atoms with Gasteiger partial charge in [-0.1, -0.05) is 13.3 Å². The Morgan fingerprint density at radius 1 is 1.24 bits per heavy atom. The van der Waals surface area contributed by atoms with E-state index in [1.54, 1.807) is 25.3 Å². The fraction of sp³-hybridized carbons (Fsp3) is 0.500. The Labute approximate surface area is 124 Å². The van der Waals surface area contributed by atoms with Gasteiger partial charge < -0.3 is 10.5 Å². The van der Waals surface area contributed by atoms with Crippen molar-refractivity contribution >= 4 is 23.2 Å². The number of amides is 2. The van der Waals surface area contributed by atoms with Crippen molar-refractivity contribution in [1.29, 1.82) is 0 Å². The Morgan fingerprint density at radius 3 is 2.33 bits per heavy atom. The molecule has 1 aromatic rings. The number of nitrogen functional groups attached to an aromatic ring is 1. The molecular formula is C16H20N2O3. The average Bonchev–Trinajstić information content (AvgIpc) is 3.00. The van der Waals surface area contributed by atoms with Crippen LogP contribution in [0.15, 0.2) is 18.2 Å². The second kappa shape index (κ2) is 5.06. The highest BCUT2D eigenvalue weighted by Crippen LogP contribution is 2.46. The first kappa shape index (κ1) is 13.9. The number of methoxy groups -OCH3 is 1. The highest BCUT2D eigenvalue weighted by atomic mass is 16.5. The fourth-order valence-corrected chi connectivity index (χ4v) is 3.56. The predicted molar refractivity (Wildman–Crippen MR) is 79.9 cm³/mol. The molecule has 0 radical (unpaired) electrons. The monoisotopic (exact) mass is 288 g/mol. The number of benzene rings is 1. The first-order chi connectivity index (χ1) is 10.1. The number of rotatable bonds is 3. The van der Waals surface area contributed by atoms with E-state index in [0.717, 1.165) is 19.3 Å². The zero-order valence-corrected chi connectivity index (χ0v) is 12.3. The summed E-state index contributed by atoms with van der Waals surface area (Å²) in [6.07, 6.45) is 2.66. The normalized spacial score (nSPS) is 28.1. The van der Waals surface area contributed by atoms with Gasteiger partial charge in [-0.2, -0.15) is 0 Å². The number of carbonyl (C=O) groups is 2. The van der Waals surface area contributed by atoms with Crippen molar-refractivity contribution in [3.8, 4) is 5.75 Å². The molecule has 2 amide bonds. The molecule has 1 heterocycles. The van der Waals surface area contributed by atoms with E-state index in [1.807, 2.05) is 0 Å². The SMILES string of the molecule is CCC1CC2C(=O)N(c3ccc(OC)cc3N)C(=O)C2C1. The number of ether oxygens (including phenoxy) is 1. The van der Waals surface area contributed by atoms with Gasteiger partial charge in [0.1, 0.15) is 5.75 Å². The third-order valence-electron chi connectivity index (χ3n) is 4.79. The van der Waals surface area contributed by atoms with E-state index in [-0.39, 0.29) is 23.7 Å². The van der Waals surface area contributed by atoms with Crippen LogP contribution in [0.1, 0.15) is 26.2 Å². The maximum atomic E-state index is 12.6. The van der Waals surface area contributed by atoms with Gasteiger partial charge in [0, 0.05) is 6.07 Å². The largest absolute Gasteiger partial charge is 0.497 e. The lowest BCUT2D eigenvalue weighted by atomic mass is 10.00. The summed E-state index contributed by atoms with van der Waals surface area (Å²) in [5.41, 5.74) is 6.85. The van der Waals surface area contributed by atoms with Gasteiger partial charge in [0.15, 0.2) is 0 Å². The quantitative estimate of drug-likeness (QED) is 0.683. The summed E-state index contributed by atoms with van der Waals surface area (Å²) in [5, 5.41) is 0. The van der Waals surface area contributed by atoms with Crippen molar-refractivity contribution in [2.75, 3.05) is 17.7 Å². The van der Waals surface area contributed by atoms with Gasteiger partial charge in [-0.25, -0.2) is 4.90 Å². The van der Waals surface area contributed by atoms with Crippen molar-refractivity contribution < 1.29 is 14.3 Å². The van der Waals surface area contributed by atoms with Crippen molar-refractivity contribution in [3.63, 3.8) is 0 Å². The van der Waals surface area contributed by atoms with Crippen LogP contribution in [-0.2, 0) is 9.59 Å². The Hall–Kier alpha value is -2.04. The molecule has 2 N–H and O–H groups in total. The summed E-state index contributed by atoms with van der Waals surface area (Å²) in [6.45, 7) is 2.11. The molecule has 5 heteroatoms. The van der Waals surface area contributed by atoms with E-state index in [2.05, 4.69) is 6.92 Å². The highest BCUT2D eigenvalue weighted by molar-refractivity contribution is 6.23. The number of carbonyl (C=O) groups excluding carboxylic acids is 2. The molecule has 0 spiro atoms. The predicted octanol–water partition coefficient (Wildman–Crippen LogP) is 2.20. The van der Waals surface area contributed by atoms with Gasteiger partial charge in [-0.05, 0) is 30.9 Å². The number of anilines is 2. The minimum atomic E-state index is -0.163. The molecule has 3 rings (SSSR count). The van der Waals surface area contributed by atoms with Crippen LogP contribution in [0.5, 0.6) is 5.75 Å². The second-order valence-electron chi connectivity index (χ2n) is 5.90. The lowest BCUT2D eigenvalue weighted by molar-refractivity contribution is -0.123. The first-order valence-corrected chi connectivity index (χ1v) is 7.38. The highest BCUT2D eigenvalue weighted by Gasteiger charge is 2.53. The van der Waals surface area contributed by atoms with Crippen molar-refractivity contribution in [2.45, 2.75) is 26.2 Å². The van der Waals surface area contributed by atoms with Crippen LogP contribution < -0.4 is 15.4 Å². The van der Waals surface area contributed by atoms with Crippen LogP contribution in [0, 0.1) is 17.8 Å². The standard InChI is InChI=1S/C16H20N2O3/c1-3-9-6-11-12(7-9)16(20)18(15(11)19)14-5-4-10(21-2)8-13(14)17/h4-5,8-9,11-12H,3,6-7,17H2,1-2H3. The molecule has 1 aromatic carbocycles. The van der Waals surface area contributed by atoms with Gasteiger partial charge in [0.25, 0.3) is 0 Å². The lowest BCUT2D eigenvalue weighted by Crippen LogP contribution is -2.32. The maximum absolute atomic E-state index is 12.6. The van der Waals surface area contributed by atoms with E-state index >= 15 is 0 Å². The molecule has 2 atom stereocenters. The minimum absolute atomic E-state index is 0.0992. The molecule has 2 aliphatic rings. The van der Waals surface area contributed by atoms with Gasteiger partial charge >= 0.3 is 0 Å². The van der Waals surface area contributed by atoms with Gasteiger partial charge in [-0.3, -0.25) is 9.59 Å². The zero-order valence-electron chi connectivity index (χ0n) is 12.3. The smallest absolute Gasteiger partial charge is 0.237 e. The lowest BCUT2D eigenvalue weighted by Gasteiger charge is -2.19. The molecule has 5 nitrogen and oxygen atoms in total. The van der Waals surface area contributed by atoms with Crippen molar-refractivity contribution in [2.24, 2.45) is 17.8 Å². The van der Waals surface area contributed by atoms with E-state index in [4.69, 9.17) is 10.5 Å². The Bertz CT molecular complexity index is 575. The number of nitrogens with zero attached hydrogens (tertiary/aromatic N) is 1. The summed E-state index contributed by atoms with van der Waals surface area (Å²) < 4.78 is 5.10. The molecule has 2 unspecified atom stereocenters. The Kier molecular flexibility index (Phi) is 3.35. The van der Waals surface area contributed by atoms with Crippen LogP contribution >= 0.6 is 0 Å². The number of nitrogens with two attached hydrogens (primary N) is 1. The van der Waals surface area contributed by atoms with Crippen LogP contribution in [0.25, 0.3) is 0 Å². The molecule has 1 aliphatic carbocycles. The summed E-state index contributed by atoms with van der Waals surface area (Å²) in [7, 11) is 1.55. The molecule has 1 saturated carbocycles.